The average molecular weight is 526 g/mol. The molecule has 1 amide bonds. The normalized spacial score (nSPS) is 12.5. The van der Waals surface area contributed by atoms with Crippen molar-refractivity contribution in [1.82, 2.24) is 5.32 Å². The summed E-state index contributed by atoms with van der Waals surface area (Å²) in [7, 11) is -4.68. The summed E-state index contributed by atoms with van der Waals surface area (Å²) >= 11 is 0. The summed E-state index contributed by atoms with van der Waals surface area (Å²) < 4.78 is 31.6. The first kappa shape index (κ1) is 34.0. The minimum Gasteiger partial charge on any atom is -0.457 e. The number of rotatable bonds is 25. The molecule has 0 spiro atoms. The Balaban J connectivity index is 3.92. The number of phosphoric ester groups is 1. The Morgan fingerprint density at radius 1 is 0.829 bits per heavy atom. The third-order valence-electron chi connectivity index (χ3n) is 5.27. The first-order valence-electron chi connectivity index (χ1n) is 13.0. The third kappa shape index (κ3) is 27.4. The predicted octanol–water partition coefficient (Wildman–Crippen LogP) is 4.62. The van der Waals surface area contributed by atoms with E-state index in [0.717, 1.165) is 51.4 Å². The second-order valence-electron chi connectivity index (χ2n) is 8.77. The Morgan fingerprint density at radius 3 is 2.06 bits per heavy atom. The molecular formula is C24H48NO9P. The fourth-order valence-corrected chi connectivity index (χ4v) is 3.73. The molecule has 0 aromatic heterocycles. The van der Waals surface area contributed by atoms with Gasteiger partial charge in [-0.25, -0.2) is 4.57 Å². The summed E-state index contributed by atoms with van der Waals surface area (Å²) in [5, 5.41) is 2.77. The number of ether oxygens (including phenoxy) is 3. The first-order valence-corrected chi connectivity index (χ1v) is 14.6. The molecule has 0 unspecified atom stereocenters. The molecule has 0 radical (unpaired) electrons. The zero-order valence-corrected chi connectivity index (χ0v) is 22.6. The molecule has 11 heteroatoms. The molecule has 35 heavy (non-hydrogen) atoms. The maximum Gasteiger partial charge on any atom is 0.469 e. The van der Waals surface area contributed by atoms with E-state index < -0.39 is 26.5 Å². The van der Waals surface area contributed by atoms with Gasteiger partial charge in [0.05, 0.1) is 13.2 Å². The van der Waals surface area contributed by atoms with Gasteiger partial charge in [0.15, 0.2) is 0 Å². The van der Waals surface area contributed by atoms with E-state index in [1.165, 1.54) is 39.0 Å². The lowest BCUT2D eigenvalue weighted by molar-refractivity contribution is -0.158. The molecule has 0 saturated heterocycles. The molecule has 0 aromatic rings. The quantitative estimate of drug-likeness (QED) is 0.0674. The van der Waals surface area contributed by atoms with Crippen LogP contribution < -0.4 is 5.32 Å². The Hall–Kier alpha value is -1.03. The molecule has 0 aromatic carbocycles. The van der Waals surface area contributed by atoms with Crippen molar-refractivity contribution in [1.29, 1.82) is 0 Å². The Labute approximate surface area is 211 Å². The van der Waals surface area contributed by atoms with Gasteiger partial charge in [-0.3, -0.25) is 14.1 Å². The molecule has 0 aliphatic rings. The van der Waals surface area contributed by atoms with E-state index in [9.17, 15) is 14.2 Å². The number of carbonyl (C=O) groups is 2. The van der Waals surface area contributed by atoms with Crippen LogP contribution in [0.4, 0.5) is 0 Å². The Bertz CT molecular complexity index is 571. The van der Waals surface area contributed by atoms with Gasteiger partial charge < -0.3 is 29.3 Å². The van der Waals surface area contributed by atoms with Gasteiger partial charge in [0, 0.05) is 26.5 Å². The van der Waals surface area contributed by atoms with Gasteiger partial charge in [0.25, 0.3) is 0 Å². The third-order valence-corrected chi connectivity index (χ3v) is 5.76. The maximum absolute atomic E-state index is 12.1. The second kappa shape index (κ2) is 23.4. The van der Waals surface area contributed by atoms with E-state index in [-0.39, 0.29) is 25.7 Å². The van der Waals surface area contributed by atoms with Gasteiger partial charge in [-0.05, 0) is 19.3 Å². The molecule has 0 aliphatic carbocycles. The highest BCUT2D eigenvalue weighted by Gasteiger charge is 2.21. The largest absolute Gasteiger partial charge is 0.469 e. The lowest BCUT2D eigenvalue weighted by Gasteiger charge is -2.18. The molecule has 0 rings (SSSR count). The number of hydrogen-bond donors (Lipinski definition) is 3. The van der Waals surface area contributed by atoms with Gasteiger partial charge in [-0.1, -0.05) is 71.1 Å². The van der Waals surface area contributed by atoms with E-state index in [2.05, 4.69) is 16.8 Å². The number of phosphoric acid groups is 1. The van der Waals surface area contributed by atoms with Crippen LogP contribution in [0.3, 0.4) is 0 Å². The topological polar surface area (TPSA) is 141 Å². The van der Waals surface area contributed by atoms with Crippen molar-refractivity contribution in [3.63, 3.8) is 0 Å². The zero-order valence-electron chi connectivity index (χ0n) is 21.7. The highest BCUT2D eigenvalue weighted by Crippen LogP contribution is 2.35. The summed E-state index contributed by atoms with van der Waals surface area (Å²) in [5.74, 6) is -0.439. The van der Waals surface area contributed by atoms with Gasteiger partial charge in [-0.2, -0.15) is 0 Å². The highest BCUT2D eigenvalue weighted by atomic mass is 31.2. The molecule has 208 valence electrons. The van der Waals surface area contributed by atoms with Gasteiger partial charge in [0.1, 0.15) is 12.9 Å². The molecule has 0 bridgehead atoms. The smallest absolute Gasteiger partial charge is 0.457 e. The molecule has 0 fully saturated rings. The standard InChI is InChI=1S/C24H48NO9P/c1-3-4-5-6-7-8-10-13-16-24(27)34-23(20-33-35(28,29)30)19-32-21-31-18-15-12-9-11-14-17-25-22(2)26/h23H,3-21H2,1-2H3,(H,25,26)(H2,28,29,30)/t23-/m1/s1. The molecule has 0 heterocycles. The zero-order chi connectivity index (χ0) is 26.2. The second-order valence-corrected chi connectivity index (χ2v) is 10.0. The number of carbonyl (C=O) groups excluding carboxylic acids is 2. The minimum atomic E-state index is -4.68. The lowest BCUT2D eigenvalue weighted by Crippen LogP contribution is -2.28. The number of esters is 1. The van der Waals surface area contributed by atoms with Gasteiger partial charge >= 0.3 is 13.8 Å². The Morgan fingerprint density at radius 2 is 1.43 bits per heavy atom. The summed E-state index contributed by atoms with van der Waals surface area (Å²) in [5.41, 5.74) is 0. The van der Waals surface area contributed by atoms with Crippen molar-refractivity contribution < 1.29 is 42.7 Å². The van der Waals surface area contributed by atoms with E-state index in [0.29, 0.717) is 13.2 Å². The molecule has 10 nitrogen and oxygen atoms in total. The van der Waals surface area contributed by atoms with Crippen molar-refractivity contribution in [2.75, 3.05) is 33.2 Å². The van der Waals surface area contributed by atoms with Crippen molar-refractivity contribution in [3.8, 4) is 0 Å². The van der Waals surface area contributed by atoms with Crippen molar-refractivity contribution >= 4 is 19.7 Å². The average Bonchev–Trinajstić information content (AvgIpc) is 2.79. The molecule has 0 saturated carbocycles. The van der Waals surface area contributed by atoms with E-state index >= 15 is 0 Å². The van der Waals surface area contributed by atoms with E-state index in [1.807, 2.05) is 0 Å². The first-order chi connectivity index (χ1) is 16.7. The van der Waals surface area contributed by atoms with Crippen LogP contribution >= 0.6 is 7.82 Å². The van der Waals surface area contributed by atoms with E-state index in [4.69, 9.17) is 24.0 Å². The van der Waals surface area contributed by atoms with Crippen molar-refractivity contribution in [3.05, 3.63) is 0 Å². The van der Waals surface area contributed by atoms with E-state index in [1.54, 1.807) is 0 Å². The summed E-state index contributed by atoms with van der Waals surface area (Å²) in [6.45, 7) is 4.38. The number of nitrogens with one attached hydrogen (secondary N) is 1. The minimum absolute atomic E-state index is 0.00722. The van der Waals surface area contributed by atoms with Crippen LogP contribution in [-0.2, 0) is 32.9 Å². The van der Waals surface area contributed by atoms with Crippen LogP contribution in [0.25, 0.3) is 0 Å². The van der Waals surface area contributed by atoms with Crippen LogP contribution in [0.2, 0.25) is 0 Å². The fraction of sp³-hybridized carbons (Fsp3) is 0.917. The molecule has 1 atom stereocenters. The highest BCUT2D eigenvalue weighted by molar-refractivity contribution is 7.46. The molecule has 3 N–H and O–H groups in total. The van der Waals surface area contributed by atoms with Crippen LogP contribution in [0, 0.1) is 0 Å². The summed E-state index contributed by atoms with van der Waals surface area (Å²) in [6, 6.07) is 0. The van der Waals surface area contributed by atoms with Crippen LogP contribution in [0.1, 0.15) is 104 Å². The van der Waals surface area contributed by atoms with Crippen LogP contribution in [0.5, 0.6) is 0 Å². The Kier molecular flexibility index (Phi) is 22.7. The molecule has 0 aliphatic heterocycles. The van der Waals surface area contributed by atoms with Gasteiger partial charge in [0.2, 0.25) is 5.91 Å². The number of hydrogen-bond acceptors (Lipinski definition) is 7. The van der Waals surface area contributed by atoms with Crippen LogP contribution in [0.15, 0.2) is 0 Å². The number of unbranched alkanes of at least 4 members (excludes halogenated alkanes) is 11. The van der Waals surface area contributed by atoms with Crippen molar-refractivity contribution in [2.45, 2.75) is 110 Å². The van der Waals surface area contributed by atoms with Crippen molar-refractivity contribution in [2.24, 2.45) is 0 Å². The van der Waals surface area contributed by atoms with Crippen LogP contribution in [-0.4, -0.2) is 60.9 Å². The predicted molar refractivity (Wildman–Crippen MR) is 134 cm³/mol. The monoisotopic (exact) mass is 525 g/mol. The maximum atomic E-state index is 12.1. The fourth-order valence-electron chi connectivity index (χ4n) is 3.37. The molecular weight excluding hydrogens is 477 g/mol. The summed E-state index contributed by atoms with van der Waals surface area (Å²) in [6.07, 6.45) is 13.2. The SMILES string of the molecule is CCCCCCCCCCC(=O)O[C@H](COCOCCCCCCCNC(C)=O)COP(=O)(O)O. The summed E-state index contributed by atoms with van der Waals surface area (Å²) in [4.78, 5) is 40.7. The number of amides is 1. The van der Waals surface area contributed by atoms with Gasteiger partial charge in [-0.15, -0.1) is 0 Å². The lowest BCUT2D eigenvalue weighted by atomic mass is 10.1.